The highest BCUT2D eigenvalue weighted by molar-refractivity contribution is 7.99. The molecule has 2 aromatic carbocycles. The van der Waals surface area contributed by atoms with Gasteiger partial charge in [0.1, 0.15) is 29.7 Å². The molecule has 0 aromatic heterocycles. The lowest BCUT2D eigenvalue weighted by Gasteiger charge is -2.30. The van der Waals surface area contributed by atoms with Crippen LogP contribution < -0.4 is 54.9 Å². The number of nitrogens with one attached hydrogen (secondary N) is 7. The SMILES string of the molecule is CC[C@H](C)C1NN[C@@H](CCC(N)=O)C(=O)N[C@@H](CC(N)=O)C(=O)N[C@H](C(=O)N(CC(=O)N[C@@H](CC(C)C)C(=O)C(=O)CNN)Cc2ccc(F)cc2)CSCCCC(=O)N[C@@H](Cc2ccc(O)cc2)C(=O)C1=O. The number of thioether (sulfide) groups is 1. The Morgan fingerprint density at radius 3 is 2.08 bits per heavy atom. The van der Waals surface area contributed by atoms with E-state index in [-0.39, 0.29) is 61.8 Å². The second-order valence-electron chi connectivity index (χ2n) is 18.1. The average Bonchev–Trinajstić information content (AvgIpc) is 3.33. The number of carbonyl (C=O) groups excluding carboxylic acids is 11. The van der Waals surface area contributed by atoms with E-state index in [9.17, 15) is 62.2 Å². The molecule has 7 atom stereocenters. The molecule has 0 spiro atoms. The lowest BCUT2D eigenvalue weighted by Crippen LogP contribution is -2.62. The number of amides is 7. The summed E-state index contributed by atoms with van der Waals surface area (Å²) in [6.45, 7) is 5.28. The Bertz CT molecular complexity index is 2290. The number of hydrazine groups is 2. The summed E-state index contributed by atoms with van der Waals surface area (Å²) in [5.74, 6) is -6.49. The Kier molecular flexibility index (Phi) is 25.2. The summed E-state index contributed by atoms with van der Waals surface area (Å²) >= 11 is 1.08. The second-order valence-corrected chi connectivity index (χ2v) is 19.3. The fourth-order valence-corrected chi connectivity index (χ4v) is 8.49. The minimum absolute atomic E-state index is 0.0357. The quantitative estimate of drug-likeness (QED) is 0.0380. The van der Waals surface area contributed by atoms with Crippen LogP contribution in [0.3, 0.4) is 0 Å². The number of nitrogens with zero attached hydrogens (tertiary/aromatic N) is 1. The van der Waals surface area contributed by atoms with E-state index >= 15 is 0 Å². The molecule has 1 saturated heterocycles. The van der Waals surface area contributed by atoms with Crippen LogP contribution in [0.5, 0.6) is 5.75 Å². The predicted molar refractivity (Wildman–Crippen MR) is 265 cm³/mol. The van der Waals surface area contributed by atoms with Gasteiger partial charge in [-0.2, -0.15) is 11.8 Å². The standard InChI is InChI=1S/C48H68FN11O12S/c1-5-27(4)42-45(69)44(68)34(20-28-10-14-31(61)15-11-28)54-40(65)7-6-18-73-25-36(57-47(71)35(21-39(51)64)56-46(70)32(58-59-42)16-17-38(50)63)48(72)60(23-29-8-12-30(49)13-9-29)24-41(66)55-33(19-26(2)3)43(67)37(62)22-53-52/h8-15,26-27,32-36,42,53,58-59,61H,5-7,16-25,52H2,1-4H3,(H2,50,63)(H2,51,64)(H,54,65)(H,55,66)(H,56,70)(H,57,71)/t27-,32-,33-,34-,35-,36-,42?/m0/s1. The van der Waals surface area contributed by atoms with E-state index in [2.05, 4.69) is 37.5 Å². The molecule has 0 radical (unpaired) electrons. The number of aromatic hydroxyl groups is 1. The summed E-state index contributed by atoms with van der Waals surface area (Å²) in [4.78, 5) is 150. The van der Waals surface area contributed by atoms with Crippen molar-refractivity contribution in [2.45, 2.75) is 122 Å². The fourth-order valence-electron chi connectivity index (χ4n) is 7.51. The number of halogens is 1. The molecule has 7 amide bonds. The zero-order chi connectivity index (χ0) is 54.4. The monoisotopic (exact) mass is 1040 g/mol. The second kappa shape index (κ2) is 30.4. The third-order valence-corrected chi connectivity index (χ3v) is 12.8. The molecule has 1 fully saturated rings. The highest BCUT2D eigenvalue weighted by Gasteiger charge is 2.38. The van der Waals surface area contributed by atoms with Crippen LogP contribution in [0.4, 0.5) is 4.39 Å². The first-order valence-electron chi connectivity index (χ1n) is 23.8. The largest absolute Gasteiger partial charge is 0.508 e. The normalized spacial score (nSPS) is 20.6. The van der Waals surface area contributed by atoms with Crippen LogP contribution in [-0.2, 0) is 65.7 Å². The van der Waals surface area contributed by atoms with E-state index < -0.39 is 138 Å². The number of rotatable bonds is 21. The zero-order valence-corrected chi connectivity index (χ0v) is 42.1. The molecular weight excluding hydrogens is 974 g/mol. The number of nitrogens with two attached hydrogens (primary N) is 3. The lowest BCUT2D eigenvalue weighted by atomic mass is 9.90. The van der Waals surface area contributed by atoms with Crippen LogP contribution in [0, 0.1) is 17.7 Å². The van der Waals surface area contributed by atoms with Crippen LogP contribution in [0.15, 0.2) is 48.5 Å². The molecule has 1 unspecified atom stereocenters. The average molecular weight is 1040 g/mol. The van der Waals surface area contributed by atoms with Gasteiger partial charge >= 0.3 is 0 Å². The summed E-state index contributed by atoms with van der Waals surface area (Å²) < 4.78 is 14.0. The van der Waals surface area contributed by atoms with Crippen molar-refractivity contribution in [3.63, 3.8) is 0 Å². The van der Waals surface area contributed by atoms with Crippen LogP contribution >= 0.6 is 11.8 Å². The third-order valence-electron chi connectivity index (χ3n) is 11.6. The molecule has 0 bridgehead atoms. The first-order valence-corrected chi connectivity index (χ1v) is 24.9. The molecule has 400 valence electrons. The Labute approximate surface area is 426 Å². The maximum atomic E-state index is 14.8. The number of hydrogen-bond acceptors (Lipinski definition) is 17. The minimum Gasteiger partial charge on any atom is -0.508 e. The number of carbonyl (C=O) groups is 11. The smallest absolute Gasteiger partial charge is 0.246 e. The molecule has 1 aliphatic heterocycles. The van der Waals surface area contributed by atoms with E-state index in [1.807, 2.05) is 0 Å². The summed E-state index contributed by atoms with van der Waals surface area (Å²) in [6, 6.07) is 1.90. The van der Waals surface area contributed by atoms with Crippen LogP contribution in [0.25, 0.3) is 0 Å². The van der Waals surface area contributed by atoms with Crippen molar-refractivity contribution in [3.8, 4) is 5.75 Å². The maximum Gasteiger partial charge on any atom is 0.246 e. The first-order chi connectivity index (χ1) is 34.5. The molecule has 3 rings (SSSR count). The molecule has 14 N–H and O–H groups in total. The van der Waals surface area contributed by atoms with Gasteiger partial charge in [-0.1, -0.05) is 58.4 Å². The van der Waals surface area contributed by atoms with Crippen molar-refractivity contribution in [3.05, 3.63) is 65.5 Å². The molecule has 25 heteroatoms. The van der Waals surface area contributed by atoms with Gasteiger partial charge in [0.25, 0.3) is 0 Å². The molecule has 23 nitrogen and oxygen atoms in total. The van der Waals surface area contributed by atoms with E-state index in [1.54, 1.807) is 27.7 Å². The Hall–Kier alpha value is -6.67. The number of Topliss-reactive ketones (excluding diaryl/α,β-unsaturated/α-hetero) is 4. The molecule has 2 aromatic rings. The summed E-state index contributed by atoms with van der Waals surface area (Å²) in [6.07, 6.45) is -1.37. The van der Waals surface area contributed by atoms with Gasteiger partial charge < -0.3 is 42.7 Å². The molecule has 1 aliphatic rings. The van der Waals surface area contributed by atoms with Gasteiger partial charge in [-0.3, -0.25) is 64.0 Å². The van der Waals surface area contributed by atoms with Crippen LogP contribution in [0.2, 0.25) is 0 Å². The number of primary amides is 2. The van der Waals surface area contributed by atoms with Crippen LogP contribution in [0.1, 0.15) is 83.8 Å². The van der Waals surface area contributed by atoms with Gasteiger partial charge in [0, 0.05) is 31.6 Å². The summed E-state index contributed by atoms with van der Waals surface area (Å²) in [7, 11) is 0. The molecule has 73 heavy (non-hydrogen) atoms. The van der Waals surface area contributed by atoms with Gasteiger partial charge in [-0.25, -0.2) is 15.2 Å². The van der Waals surface area contributed by atoms with Gasteiger partial charge in [0.2, 0.25) is 64.5 Å². The number of hydrogen-bond donors (Lipinski definition) is 11. The molecule has 0 saturated carbocycles. The van der Waals surface area contributed by atoms with E-state index in [1.165, 1.54) is 36.4 Å². The fraction of sp³-hybridized carbons (Fsp3) is 0.521. The molecular formula is C48H68FN11O12S. The van der Waals surface area contributed by atoms with Crippen molar-refractivity contribution in [2.75, 3.05) is 24.6 Å². The van der Waals surface area contributed by atoms with Crippen molar-refractivity contribution in [1.82, 2.24) is 42.4 Å². The minimum atomic E-state index is -1.77. The summed E-state index contributed by atoms with van der Waals surface area (Å²) in [5, 5.41) is 20.0. The van der Waals surface area contributed by atoms with Gasteiger partial charge in [-0.15, -0.1) is 0 Å². The van der Waals surface area contributed by atoms with Gasteiger partial charge in [0.05, 0.1) is 37.6 Å². The molecule has 1 heterocycles. The number of phenolic OH excluding ortho intramolecular Hbond substituents is 1. The highest BCUT2D eigenvalue weighted by Crippen LogP contribution is 2.18. The Morgan fingerprint density at radius 1 is 0.836 bits per heavy atom. The first kappa shape index (κ1) is 60.6. The number of ketones is 4. The van der Waals surface area contributed by atoms with Crippen molar-refractivity contribution >= 4 is 76.2 Å². The number of benzene rings is 2. The Morgan fingerprint density at radius 2 is 1.48 bits per heavy atom. The predicted octanol–water partition coefficient (Wildman–Crippen LogP) is -1.63. The molecule has 0 aliphatic carbocycles. The highest BCUT2D eigenvalue weighted by atomic mass is 32.2. The van der Waals surface area contributed by atoms with Crippen molar-refractivity contribution < 1.29 is 62.2 Å². The van der Waals surface area contributed by atoms with Crippen molar-refractivity contribution in [2.24, 2.45) is 29.1 Å². The summed E-state index contributed by atoms with van der Waals surface area (Å²) in [5.41, 5.74) is 19.3. The van der Waals surface area contributed by atoms with Crippen LogP contribution in [-0.4, -0.2) is 135 Å². The third kappa shape index (κ3) is 20.8. The maximum absolute atomic E-state index is 14.8. The number of phenols is 1. The lowest BCUT2D eigenvalue weighted by molar-refractivity contribution is -0.142. The van der Waals surface area contributed by atoms with E-state index in [4.69, 9.17) is 17.3 Å². The van der Waals surface area contributed by atoms with Gasteiger partial charge in [0.15, 0.2) is 0 Å². The van der Waals surface area contributed by atoms with Crippen molar-refractivity contribution in [1.29, 1.82) is 0 Å². The topological polar surface area (TPSA) is 374 Å². The van der Waals surface area contributed by atoms with Gasteiger partial charge in [-0.05, 0) is 72.2 Å². The Balaban J connectivity index is 2.11. The zero-order valence-electron chi connectivity index (χ0n) is 41.3. The van der Waals surface area contributed by atoms with E-state index in [0.717, 1.165) is 28.8 Å². The van der Waals surface area contributed by atoms with E-state index in [0.29, 0.717) is 17.5 Å².